The van der Waals surface area contributed by atoms with Crippen molar-refractivity contribution in [1.82, 2.24) is 10.2 Å². The molecule has 218 valence electrons. The molecule has 4 nitrogen and oxygen atoms in total. The monoisotopic (exact) mass is 544 g/mol. The van der Waals surface area contributed by atoms with Crippen molar-refractivity contribution in [3.05, 3.63) is 66.1 Å². The van der Waals surface area contributed by atoms with Gasteiger partial charge in [0.15, 0.2) is 0 Å². The summed E-state index contributed by atoms with van der Waals surface area (Å²) < 4.78 is 12.1. The lowest BCUT2D eigenvalue weighted by Gasteiger charge is -2.26. The summed E-state index contributed by atoms with van der Waals surface area (Å²) in [5, 5.41) is 8.77. The maximum absolute atomic E-state index is 6.12. The van der Waals surface area contributed by atoms with Crippen molar-refractivity contribution in [2.45, 2.75) is 134 Å². The zero-order valence-corrected chi connectivity index (χ0v) is 25.0. The summed E-state index contributed by atoms with van der Waals surface area (Å²) in [5.41, 5.74) is 2.42. The minimum Gasteiger partial charge on any atom is -0.494 e. The summed E-state index contributed by atoms with van der Waals surface area (Å²) in [4.78, 5) is 0. The predicted octanol–water partition coefficient (Wildman–Crippen LogP) is 11.0. The van der Waals surface area contributed by atoms with Gasteiger partial charge in [-0.15, -0.1) is 10.2 Å². The van der Waals surface area contributed by atoms with Crippen LogP contribution in [-0.4, -0.2) is 16.8 Å². The Morgan fingerprint density at radius 2 is 1.18 bits per heavy atom. The van der Waals surface area contributed by atoms with Crippen LogP contribution in [0.3, 0.4) is 0 Å². The van der Waals surface area contributed by atoms with Gasteiger partial charge in [-0.2, -0.15) is 0 Å². The lowest BCUT2D eigenvalue weighted by atomic mass is 9.79. The first-order valence-corrected chi connectivity index (χ1v) is 16.4. The third-order valence-corrected chi connectivity index (χ3v) is 8.66. The fraction of sp³-hybridized carbons (Fsp3) is 0.611. The number of ether oxygens (including phenoxy) is 1. The average Bonchev–Trinajstić information content (AvgIpc) is 3.50. The van der Waals surface area contributed by atoms with Crippen LogP contribution < -0.4 is 4.74 Å². The standard InChI is InChI=1S/C36H52N2O2/c1-2-3-4-5-6-7-8-9-10-11-12-13-14-18-29-39-34-27-25-33(26-28-34)36-38-37-35(40-36)32-23-21-31(22-24-32)30-19-16-15-17-20-30/h15-17,19-20,25-28,31-32H,2-14,18,21-24,29H2,1H3. The van der Waals surface area contributed by atoms with E-state index in [1.54, 1.807) is 0 Å². The smallest absolute Gasteiger partial charge is 0.247 e. The van der Waals surface area contributed by atoms with Crippen LogP contribution in [0.5, 0.6) is 5.75 Å². The van der Waals surface area contributed by atoms with Crippen LogP contribution in [0.1, 0.15) is 146 Å². The number of rotatable bonds is 19. The van der Waals surface area contributed by atoms with Crippen molar-refractivity contribution < 1.29 is 9.15 Å². The lowest BCUT2D eigenvalue weighted by molar-refractivity contribution is 0.304. The van der Waals surface area contributed by atoms with E-state index in [0.717, 1.165) is 43.1 Å². The molecule has 0 bridgehead atoms. The molecule has 0 saturated heterocycles. The molecule has 40 heavy (non-hydrogen) atoms. The Morgan fingerprint density at radius 3 is 1.77 bits per heavy atom. The van der Waals surface area contributed by atoms with Crippen LogP contribution in [-0.2, 0) is 0 Å². The molecule has 2 aromatic carbocycles. The Labute approximate surface area is 243 Å². The van der Waals surface area contributed by atoms with E-state index in [0.29, 0.717) is 17.7 Å². The molecule has 1 heterocycles. The van der Waals surface area contributed by atoms with Gasteiger partial charge in [-0.25, -0.2) is 0 Å². The van der Waals surface area contributed by atoms with Gasteiger partial charge in [0.25, 0.3) is 0 Å². The van der Waals surface area contributed by atoms with Gasteiger partial charge >= 0.3 is 0 Å². The molecule has 0 unspecified atom stereocenters. The Bertz CT molecular complexity index is 1040. The van der Waals surface area contributed by atoms with Crippen LogP contribution in [0.15, 0.2) is 59.0 Å². The topological polar surface area (TPSA) is 48.2 Å². The second-order valence-electron chi connectivity index (χ2n) is 11.9. The van der Waals surface area contributed by atoms with Gasteiger partial charge in [-0.05, 0) is 67.9 Å². The van der Waals surface area contributed by atoms with Crippen molar-refractivity contribution in [1.29, 1.82) is 0 Å². The fourth-order valence-corrected chi connectivity index (χ4v) is 6.10. The van der Waals surface area contributed by atoms with Crippen LogP contribution in [0.25, 0.3) is 11.5 Å². The Morgan fingerprint density at radius 1 is 0.625 bits per heavy atom. The number of benzene rings is 2. The largest absolute Gasteiger partial charge is 0.494 e. The Balaban J connectivity index is 1.04. The Hall–Kier alpha value is -2.62. The highest BCUT2D eigenvalue weighted by atomic mass is 16.5. The second kappa shape index (κ2) is 17.9. The SMILES string of the molecule is CCCCCCCCCCCCCCCCOc1ccc(-c2nnc(C3CCC(c4ccccc4)CC3)o2)cc1. The molecule has 1 aliphatic rings. The van der Waals surface area contributed by atoms with Gasteiger partial charge in [0, 0.05) is 11.5 Å². The summed E-state index contributed by atoms with van der Waals surface area (Å²) in [6.07, 6.45) is 23.8. The van der Waals surface area contributed by atoms with Gasteiger partial charge in [0.1, 0.15) is 5.75 Å². The highest BCUT2D eigenvalue weighted by Gasteiger charge is 2.27. The molecule has 0 atom stereocenters. The van der Waals surface area contributed by atoms with E-state index in [9.17, 15) is 0 Å². The summed E-state index contributed by atoms with van der Waals surface area (Å²) in [7, 11) is 0. The van der Waals surface area contributed by atoms with E-state index in [1.807, 2.05) is 24.3 Å². The molecule has 4 heteroatoms. The fourth-order valence-electron chi connectivity index (χ4n) is 6.10. The number of unbranched alkanes of at least 4 members (excludes halogenated alkanes) is 13. The van der Waals surface area contributed by atoms with Crippen molar-refractivity contribution in [3.8, 4) is 17.2 Å². The third kappa shape index (κ3) is 10.4. The van der Waals surface area contributed by atoms with Crippen LogP contribution >= 0.6 is 0 Å². The van der Waals surface area contributed by atoms with E-state index in [1.165, 1.54) is 102 Å². The molecule has 0 spiro atoms. The normalized spacial score (nSPS) is 17.2. The molecule has 0 radical (unpaired) electrons. The third-order valence-electron chi connectivity index (χ3n) is 8.66. The molecular formula is C36H52N2O2. The van der Waals surface area contributed by atoms with Gasteiger partial charge in [0.05, 0.1) is 6.61 Å². The van der Waals surface area contributed by atoms with Gasteiger partial charge in [-0.3, -0.25) is 0 Å². The number of aromatic nitrogens is 2. The van der Waals surface area contributed by atoms with E-state index >= 15 is 0 Å². The molecule has 0 N–H and O–H groups in total. The maximum atomic E-state index is 6.12. The number of hydrogen-bond acceptors (Lipinski definition) is 4. The first-order chi connectivity index (χ1) is 19.8. The van der Waals surface area contributed by atoms with Crippen LogP contribution in [0.2, 0.25) is 0 Å². The molecule has 1 saturated carbocycles. The lowest BCUT2D eigenvalue weighted by Crippen LogP contribution is -2.12. The van der Waals surface area contributed by atoms with Gasteiger partial charge < -0.3 is 9.15 Å². The highest BCUT2D eigenvalue weighted by molar-refractivity contribution is 5.54. The first kappa shape index (κ1) is 30.3. The molecule has 0 amide bonds. The van der Waals surface area contributed by atoms with Crippen molar-refractivity contribution in [2.24, 2.45) is 0 Å². The average molecular weight is 545 g/mol. The Kier molecular flexibility index (Phi) is 13.6. The van der Waals surface area contributed by atoms with Crippen molar-refractivity contribution >= 4 is 0 Å². The zero-order valence-electron chi connectivity index (χ0n) is 25.0. The van der Waals surface area contributed by atoms with Gasteiger partial charge in [0.2, 0.25) is 11.8 Å². The van der Waals surface area contributed by atoms with Crippen LogP contribution in [0.4, 0.5) is 0 Å². The van der Waals surface area contributed by atoms with E-state index in [4.69, 9.17) is 9.15 Å². The minimum atomic E-state index is 0.369. The van der Waals surface area contributed by atoms with E-state index in [2.05, 4.69) is 47.5 Å². The molecule has 4 rings (SSSR count). The number of nitrogens with zero attached hydrogens (tertiary/aromatic N) is 2. The zero-order chi connectivity index (χ0) is 27.7. The second-order valence-corrected chi connectivity index (χ2v) is 11.9. The van der Waals surface area contributed by atoms with Gasteiger partial charge in [-0.1, -0.05) is 121 Å². The summed E-state index contributed by atoms with van der Waals surface area (Å²) in [6, 6.07) is 19.0. The summed E-state index contributed by atoms with van der Waals surface area (Å²) >= 11 is 0. The number of hydrogen-bond donors (Lipinski definition) is 0. The predicted molar refractivity (Wildman–Crippen MR) is 166 cm³/mol. The summed E-state index contributed by atoms with van der Waals surface area (Å²) in [5.74, 6) is 3.33. The van der Waals surface area contributed by atoms with Crippen molar-refractivity contribution in [2.75, 3.05) is 6.61 Å². The van der Waals surface area contributed by atoms with E-state index < -0.39 is 0 Å². The highest BCUT2D eigenvalue weighted by Crippen LogP contribution is 2.40. The quantitative estimate of drug-likeness (QED) is 0.141. The molecular weight excluding hydrogens is 492 g/mol. The maximum Gasteiger partial charge on any atom is 0.247 e. The molecule has 0 aliphatic heterocycles. The molecule has 1 fully saturated rings. The van der Waals surface area contributed by atoms with E-state index in [-0.39, 0.29) is 0 Å². The molecule has 1 aliphatic carbocycles. The van der Waals surface area contributed by atoms with Crippen LogP contribution in [0, 0.1) is 0 Å². The minimum absolute atomic E-state index is 0.369. The summed E-state index contributed by atoms with van der Waals surface area (Å²) in [6.45, 7) is 3.07. The first-order valence-electron chi connectivity index (χ1n) is 16.4. The molecule has 1 aromatic heterocycles. The molecule has 3 aromatic rings. The van der Waals surface area contributed by atoms with Crippen molar-refractivity contribution in [3.63, 3.8) is 0 Å².